The second-order valence-electron chi connectivity index (χ2n) is 10.8. The highest BCUT2D eigenvalue weighted by Gasteiger charge is 2.26. The molecule has 2 N–H and O–H groups in total. The highest BCUT2D eigenvalue weighted by molar-refractivity contribution is 5.91. The van der Waals surface area contributed by atoms with Gasteiger partial charge in [-0.15, -0.1) is 5.10 Å². The van der Waals surface area contributed by atoms with Gasteiger partial charge in [0, 0.05) is 44.4 Å². The number of aromatic amines is 1. The summed E-state index contributed by atoms with van der Waals surface area (Å²) in [6, 6.07) is 1.83. The van der Waals surface area contributed by atoms with Crippen molar-refractivity contribution in [1.29, 1.82) is 0 Å². The Balaban J connectivity index is 1.73. The second-order valence-corrected chi connectivity index (χ2v) is 10.8. The number of likely N-dealkylation sites (N-methyl/N-ethyl adjacent to an activating group) is 1. The van der Waals surface area contributed by atoms with Crippen LogP contribution >= 0.6 is 0 Å². The van der Waals surface area contributed by atoms with E-state index >= 15 is 0 Å². The molecule has 0 fully saturated rings. The largest absolute Gasteiger partial charge is 0.473 e. The van der Waals surface area contributed by atoms with Crippen molar-refractivity contribution >= 4 is 23.2 Å². The summed E-state index contributed by atoms with van der Waals surface area (Å²) in [6.45, 7) is 12.4. The molecular formula is C29H40N8O4. The fourth-order valence-corrected chi connectivity index (χ4v) is 5.22. The van der Waals surface area contributed by atoms with E-state index in [-0.39, 0.29) is 24.9 Å². The van der Waals surface area contributed by atoms with Gasteiger partial charge in [-0.25, -0.2) is 9.67 Å². The number of ether oxygens (including phenoxy) is 3. The van der Waals surface area contributed by atoms with Gasteiger partial charge in [-0.3, -0.25) is 14.7 Å². The molecule has 5 rings (SSSR count). The summed E-state index contributed by atoms with van der Waals surface area (Å²) in [5.41, 5.74) is 5.72. The number of rotatable bonds is 7. The molecule has 0 saturated carbocycles. The maximum Gasteiger partial charge on any atom is 0.240 e. The first kappa shape index (κ1) is 28.8. The average Bonchev–Trinajstić information content (AvgIpc) is 3.59. The molecule has 12 nitrogen and oxygen atoms in total. The smallest absolute Gasteiger partial charge is 0.240 e. The summed E-state index contributed by atoms with van der Waals surface area (Å²) in [5, 5.41) is 28.1. The number of aromatic nitrogens is 7. The lowest BCUT2D eigenvalue weighted by Crippen LogP contribution is -2.35. The molecule has 41 heavy (non-hydrogen) atoms. The lowest BCUT2D eigenvalue weighted by atomic mass is 10.1. The van der Waals surface area contributed by atoms with Crippen LogP contribution < -0.4 is 9.47 Å². The van der Waals surface area contributed by atoms with Crippen LogP contribution in [-0.4, -0.2) is 83.8 Å². The van der Waals surface area contributed by atoms with Crippen LogP contribution in [0.3, 0.4) is 0 Å². The Labute approximate surface area is 239 Å². The fraction of sp³-hybridized carbons (Fsp3) is 0.517. The van der Waals surface area contributed by atoms with Crippen molar-refractivity contribution in [3.8, 4) is 22.9 Å². The van der Waals surface area contributed by atoms with E-state index in [9.17, 15) is 5.11 Å². The van der Waals surface area contributed by atoms with Crippen LogP contribution in [0.5, 0.6) is 11.8 Å². The van der Waals surface area contributed by atoms with E-state index in [2.05, 4.69) is 40.0 Å². The predicted molar refractivity (Wildman–Crippen MR) is 157 cm³/mol. The first-order valence-corrected chi connectivity index (χ1v) is 14.1. The van der Waals surface area contributed by atoms with Crippen LogP contribution in [0.15, 0.2) is 12.3 Å². The van der Waals surface area contributed by atoms with Gasteiger partial charge in [0.25, 0.3) is 0 Å². The van der Waals surface area contributed by atoms with Crippen molar-refractivity contribution in [3.05, 3.63) is 34.9 Å². The van der Waals surface area contributed by atoms with E-state index in [1.165, 1.54) is 0 Å². The van der Waals surface area contributed by atoms with Crippen LogP contribution in [0.2, 0.25) is 0 Å². The zero-order valence-corrected chi connectivity index (χ0v) is 24.9. The Morgan fingerprint density at radius 1 is 1.22 bits per heavy atom. The van der Waals surface area contributed by atoms with Crippen molar-refractivity contribution in [2.24, 2.45) is 7.05 Å². The Morgan fingerprint density at radius 3 is 2.73 bits per heavy atom. The summed E-state index contributed by atoms with van der Waals surface area (Å²) in [5.74, 6) is 1.19. The zero-order valence-electron chi connectivity index (χ0n) is 24.9. The van der Waals surface area contributed by atoms with E-state index in [0.717, 1.165) is 45.7 Å². The third-order valence-corrected chi connectivity index (χ3v) is 7.19. The summed E-state index contributed by atoms with van der Waals surface area (Å²) in [7, 11) is 3.54. The van der Waals surface area contributed by atoms with Crippen molar-refractivity contribution in [2.45, 2.75) is 66.0 Å². The van der Waals surface area contributed by atoms with Crippen molar-refractivity contribution in [2.75, 3.05) is 26.8 Å². The third kappa shape index (κ3) is 5.72. The Kier molecular flexibility index (Phi) is 8.43. The van der Waals surface area contributed by atoms with Gasteiger partial charge in [0.1, 0.15) is 6.10 Å². The summed E-state index contributed by atoms with van der Waals surface area (Å²) < 4.78 is 21.9. The number of hydrogen-bond acceptors (Lipinski definition) is 9. The molecule has 4 aromatic heterocycles. The van der Waals surface area contributed by atoms with Crippen molar-refractivity contribution in [1.82, 2.24) is 39.6 Å². The van der Waals surface area contributed by atoms with E-state index in [0.29, 0.717) is 37.1 Å². The van der Waals surface area contributed by atoms with Crippen LogP contribution in [0.1, 0.15) is 63.3 Å². The van der Waals surface area contributed by atoms with Crippen LogP contribution in [0, 0.1) is 0 Å². The van der Waals surface area contributed by atoms with Gasteiger partial charge in [-0.05, 0) is 52.5 Å². The number of fused-ring (bicyclic) bond motifs is 4. The molecule has 4 aromatic rings. The minimum absolute atomic E-state index is 0.0443. The molecule has 220 valence electrons. The lowest BCUT2D eigenvalue weighted by Gasteiger charge is -2.26. The fourth-order valence-electron chi connectivity index (χ4n) is 5.22. The zero-order chi connectivity index (χ0) is 29.3. The number of aryl methyl sites for hydroxylation is 1. The molecular weight excluding hydrogens is 524 g/mol. The van der Waals surface area contributed by atoms with Gasteiger partial charge in [0.05, 0.1) is 53.6 Å². The predicted octanol–water partition coefficient (Wildman–Crippen LogP) is 3.82. The van der Waals surface area contributed by atoms with Crippen molar-refractivity contribution in [3.63, 3.8) is 0 Å². The molecule has 0 radical (unpaired) electrons. The van der Waals surface area contributed by atoms with Gasteiger partial charge in [0.2, 0.25) is 11.8 Å². The number of pyridine rings is 1. The SMILES string of the molecule is CCN1Cc2c(c(OC(C)C)nn2C(C)CO)/C=C/c2[nH]nc3ncc(cc23)-c2c(COC)nn(C)c2OC(C)C1. The number of aliphatic hydroxyl groups excluding tert-OH is 1. The second kappa shape index (κ2) is 12.0. The summed E-state index contributed by atoms with van der Waals surface area (Å²) in [6.07, 6.45) is 5.56. The molecule has 1 aliphatic heterocycles. The lowest BCUT2D eigenvalue weighted by molar-refractivity contribution is 0.132. The molecule has 2 unspecified atom stereocenters. The molecule has 0 saturated heterocycles. The molecule has 0 spiro atoms. The Bertz CT molecular complexity index is 1540. The monoisotopic (exact) mass is 564 g/mol. The molecule has 2 bridgehead atoms. The Morgan fingerprint density at radius 2 is 2.02 bits per heavy atom. The molecule has 0 aromatic carbocycles. The maximum atomic E-state index is 10.1. The van der Waals surface area contributed by atoms with Gasteiger partial charge in [-0.2, -0.15) is 10.2 Å². The van der Waals surface area contributed by atoms with Gasteiger partial charge in [0.15, 0.2) is 5.65 Å². The third-order valence-electron chi connectivity index (χ3n) is 7.19. The van der Waals surface area contributed by atoms with E-state index in [4.69, 9.17) is 24.4 Å². The minimum Gasteiger partial charge on any atom is -0.473 e. The number of hydrogen-bond donors (Lipinski definition) is 2. The minimum atomic E-state index is -0.230. The first-order valence-electron chi connectivity index (χ1n) is 14.1. The van der Waals surface area contributed by atoms with E-state index in [1.807, 2.05) is 44.7 Å². The maximum absolute atomic E-state index is 10.1. The number of H-pyrrole nitrogens is 1. The van der Waals surface area contributed by atoms with Crippen molar-refractivity contribution < 1.29 is 19.3 Å². The van der Waals surface area contributed by atoms with Crippen LogP contribution in [0.4, 0.5) is 0 Å². The molecule has 2 atom stereocenters. The topological polar surface area (TPSA) is 128 Å². The molecule has 1 aliphatic rings. The first-order chi connectivity index (χ1) is 19.7. The molecule has 0 amide bonds. The normalized spacial score (nSPS) is 17.6. The van der Waals surface area contributed by atoms with Gasteiger partial charge in [-0.1, -0.05) is 6.92 Å². The number of aliphatic hydroxyl groups is 1. The van der Waals surface area contributed by atoms with Gasteiger partial charge < -0.3 is 19.3 Å². The van der Waals surface area contributed by atoms with E-state index in [1.54, 1.807) is 18.0 Å². The van der Waals surface area contributed by atoms with E-state index < -0.39 is 0 Å². The Hall–Kier alpha value is -3.74. The summed E-state index contributed by atoms with van der Waals surface area (Å²) in [4.78, 5) is 6.95. The quantitative estimate of drug-likeness (QED) is 0.344. The standard InChI is InChI=1S/C29H40N8O4/c1-8-36-13-19(5)41-29-26(24(16-39-7)33-35(29)6)20-11-22-23(31-32-27(22)30-12-20)10-9-21-25(14-36)37(18(4)15-38)34-28(21)40-17(2)3/h9-12,17-19,38H,8,13-16H2,1-7H3,(H,30,31,32)/b10-9+. The van der Waals surface area contributed by atoms with Gasteiger partial charge >= 0.3 is 0 Å². The highest BCUT2D eigenvalue weighted by atomic mass is 16.5. The number of methoxy groups -OCH3 is 1. The molecule has 5 heterocycles. The average molecular weight is 565 g/mol. The molecule has 0 aliphatic carbocycles. The number of nitrogens with one attached hydrogen (secondary N) is 1. The molecule has 12 heteroatoms. The highest BCUT2D eigenvalue weighted by Crippen LogP contribution is 2.36. The number of nitrogens with zero attached hydrogens (tertiary/aromatic N) is 7. The van der Waals surface area contributed by atoms with Crippen LogP contribution in [0.25, 0.3) is 34.3 Å². The van der Waals surface area contributed by atoms with Crippen LogP contribution in [-0.2, 0) is 24.9 Å². The summed E-state index contributed by atoms with van der Waals surface area (Å²) >= 11 is 0.